The van der Waals surface area contributed by atoms with Gasteiger partial charge in [-0.25, -0.2) is 0 Å². The molecule has 0 bridgehead atoms. The van der Waals surface area contributed by atoms with Crippen LogP contribution in [-0.2, 0) is 6.42 Å². The maximum absolute atomic E-state index is 3.77. The lowest BCUT2D eigenvalue weighted by molar-refractivity contribution is 0.304. The van der Waals surface area contributed by atoms with Crippen LogP contribution < -0.4 is 5.32 Å². The van der Waals surface area contributed by atoms with Gasteiger partial charge in [-0.05, 0) is 50.1 Å². The molecule has 0 spiro atoms. The molecule has 1 N–H and O–H groups in total. The van der Waals surface area contributed by atoms with Crippen LogP contribution in [0.25, 0.3) is 0 Å². The molecular formula is C19H31N. The molecule has 20 heavy (non-hydrogen) atoms. The predicted molar refractivity (Wildman–Crippen MR) is 88.0 cm³/mol. The molecular weight excluding hydrogens is 242 g/mol. The third kappa shape index (κ3) is 5.28. The van der Waals surface area contributed by atoms with Crippen molar-refractivity contribution in [3.63, 3.8) is 0 Å². The predicted octanol–water partition coefficient (Wildman–Crippen LogP) is 4.96. The van der Waals surface area contributed by atoms with Crippen molar-refractivity contribution >= 4 is 0 Å². The van der Waals surface area contributed by atoms with E-state index < -0.39 is 0 Å². The smallest absolute Gasteiger partial charge is 0.00953 e. The zero-order valence-corrected chi connectivity index (χ0v) is 13.1. The van der Waals surface area contributed by atoms with Gasteiger partial charge in [0.1, 0.15) is 0 Å². The van der Waals surface area contributed by atoms with Gasteiger partial charge in [0.25, 0.3) is 0 Å². The first-order valence-corrected chi connectivity index (χ1v) is 8.67. The molecule has 1 aromatic carbocycles. The van der Waals surface area contributed by atoms with Crippen molar-refractivity contribution in [3.05, 3.63) is 35.9 Å². The lowest BCUT2D eigenvalue weighted by atomic mass is 9.88. The van der Waals surface area contributed by atoms with Gasteiger partial charge in [0.2, 0.25) is 0 Å². The Kier molecular flexibility index (Phi) is 7.14. The molecule has 0 aliphatic heterocycles. The number of hydrogen-bond donors (Lipinski definition) is 1. The number of hydrogen-bond acceptors (Lipinski definition) is 1. The van der Waals surface area contributed by atoms with Crippen LogP contribution in [-0.4, -0.2) is 12.6 Å². The Labute approximate surface area is 125 Å². The minimum Gasteiger partial charge on any atom is -0.314 e. The van der Waals surface area contributed by atoms with E-state index in [-0.39, 0.29) is 0 Å². The first kappa shape index (κ1) is 15.6. The maximum atomic E-state index is 3.77. The average Bonchev–Trinajstić information content (AvgIpc) is 2.76. The van der Waals surface area contributed by atoms with E-state index in [0.29, 0.717) is 0 Å². The second-order valence-corrected chi connectivity index (χ2v) is 6.29. The molecule has 0 aromatic heterocycles. The largest absolute Gasteiger partial charge is 0.314 e. The molecule has 112 valence electrons. The molecule has 1 heteroatoms. The Morgan fingerprint density at radius 2 is 1.75 bits per heavy atom. The monoisotopic (exact) mass is 273 g/mol. The summed E-state index contributed by atoms with van der Waals surface area (Å²) in [6.45, 7) is 3.37. The first-order chi connectivity index (χ1) is 9.90. The summed E-state index contributed by atoms with van der Waals surface area (Å²) in [5, 5.41) is 3.77. The van der Waals surface area contributed by atoms with Gasteiger partial charge in [-0.15, -0.1) is 0 Å². The zero-order chi connectivity index (χ0) is 14.0. The van der Waals surface area contributed by atoms with Crippen molar-refractivity contribution in [2.24, 2.45) is 5.92 Å². The van der Waals surface area contributed by atoms with E-state index in [4.69, 9.17) is 0 Å². The fourth-order valence-electron chi connectivity index (χ4n) is 3.65. The van der Waals surface area contributed by atoms with E-state index in [0.717, 1.165) is 18.5 Å². The number of aryl methyl sites for hydroxylation is 1. The van der Waals surface area contributed by atoms with Gasteiger partial charge >= 0.3 is 0 Å². The number of benzene rings is 1. The second-order valence-electron chi connectivity index (χ2n) is 6.29. The van der Waals surface area contributed by atoms with Crippen LogP contribution >= 0.6 is 0 Å². The normalized spacial score (nSPS) is 18.6. The molecule has 0 saturated heterocycles. The highest BCUT2D eigenvalue weighted by Crippen LogP contribution is 2.27. The quantitative estimate of drug-likeness (QED) is 0.693. The molecule has 1 aromatic rings. The van der Waals surface area contributed by atoms with Crippen LogP contribution in [0.1, 0.15) is 63.9 Å². The van der Waals surface area contributed by atoms with Gasteiger partial charge in [0.05, 0.1) is 0 Å². The summed E-state index contributed by atoms with van der Waals surface area (Å²) in [5.41, 5.74) is 1.49. The van der Waals surface area contributed by atoms with Crippen LogP contribution in [0.15, 0.2) is 30.3 Å². The van der Waals surface area contributed by atoms with Crippen LogP contribution in [0.2, 0.25) is 0 Å². The third-order valence-electron chi connectivity index (χ3n) is 4.76. The van der Waals surface area contributed by atoms with Crippen molar-refractivity contribution in [2.45, 2.75) is 70.8 Å². The van der Waals surface area contributed by atoms with Crippen molar-refractivity contribution < 1.29 is 0 Å². The van der Waals surface area contributed by atoms with Gasteiger partial charge < -0.3 is 5.32 Å². The fourth-order valence-corrected chi connectivity index (χ4v) is 3.65. The van der Waals surface area contributed by atoms with Crippen molar-refractivity contribution in [1.29, 1.82) is 0 Å². The van der Waals surface area contributed by atoms with Crippen LogP contribution in [0, 0.1) is 5.92 Å². The van der Waals surface area contributed by atoms with E-state index >= 15 is 0 Å². The van der Waals surface area contributed by atoms with Crippen LogP contribution in [0.4, 0.5) is 0 Å². The molecule has 1 aliphatic carbocycles. The lowest BCUT2D eigenvalue weighted by Gasteiger charge is -2.27. The average molecular weight is 273 g/mol. The molecule has 1 unspecified atom stereocenters. The summed E-state index contributed by atoms with van der Waals surface area (Å²) in [6.07, 6.45) is 12.6. The standard InChI is InChI=1S/C19H31N/c1-2-20-19(18-14-8-3-4-9-15-18)16-10-13-17-11-6-5-7-12-17/h5-7,11-12,18-20H,2-4,8-10,13-16H2,1H3. The van der Waals surface area contributed by atoms with Gasteiger partial charge in [0.15, 0.2) is 0 Å². The minimum atomic E-state index is 0.752. The van der Waals surface area contributed by atoms with Gasteiger partial charge in [-0.1, -0.05) is 62.9 Å². The van der Waals surface area contributed by atoms with Crippen LogP contribution in [0.5, 0.6) is 0 Å². The molecule has 0 amide bonds. The van der Waals surface area contributed by atoms with Gasteiger partial charge in [0, 0.05) is 6.04 Å². The van der Waals surface area contributed by atoms with Gasteiger partial charge in [-0.2, -0.15) is 0 Å². The highest BCUT2D eigenvalue weighted by atomic mass is 14.9. The third-order valence-corrected chi connectivity index (χ3v) is 4.76. The zero-order valence-electron chi connectivity index (χ0n) is 13.1. The summed E-state index contributed by atoms with van der Waals surface area (Å²) in [6, 6.07) is 11.7. The summed E-state index contributed by atoms with van der Waals surface area (Å²) in [5.74, 6) is 0.924. The van der Waals surface area contributed by atoms with E-state index in [2.05, 4.69) is 42.6 Å². The van der Waals surface area contributed by atoms with Crippen molar-refractivity contribution in [2.75, 3.05) is 6.54 Å². The molecule has 1 aliphatic rings. The topological polar surface area (TPSA) is 12.0 Å². The molecule has 0 heterocycles. The summed E-state index contributed by atoms with van der Waals surface area (Å²) in [7, 11) is 0. The summed E-state index contributed by atoms with van der Waals surface area (Å²) in [4.78, 5) is 0. The minimum absolute atomic E-state index is 0.752. The van der Waals surface area contributed by atoms with Gasteiger partial charge in [-0.3, -0.25) is 0 Å². The SMILES string of the molecule is CCNC(CCCc1ccccc1)C1CCCCCC1. The molecule has 2 rings (SSSR count). The highest BCUT2D eigenvalue weighted by Gasteiger charge is 2.21. The highest BCUT2D eigenvalue weighted by molar-refractivity contribution is 5.14. The molecule has 1 nitrogen and oxygen atoms in total. The second kappa shape index (κ2) is 9.18. The molecule has 0 radical (unpaired) electrons. The lowest BCUT2D eigenvalue weighted by Crippen LogP contribution is -2.36. The summed E-state index contributed by atoms with van der Waals surface area (Å²) < 4.78 is 0. The molecule has 1 atom stereocenters. The maximum Gasteiger partial charge on any atom is 0.00953 e. The molecule has 1 fully saturated rings. The molecule has 1 saturated carbocycles. The van der Waals surface area contributed by atoms with E-state index in [1.54, 1.807) is 0 Å². The summed E-state index contributed by atoms with van der Waals surface area (Å²) >= 11 is 0. The fraction of sp³-hybridized carbons (Fsp3) is 0.684. The van der Waals surface area contributed by atoms with E-state index in [1.165, 1.54) is 63.4 Å². The van der Waals surface area contributed by atoms with Crippen molar-refractivity contribution in [3.8, 4) is 0 Å². The van der Waals surface area contributed by atoms with Crippen LogP contribution in [0.3, 0.4) is 0 Å². The Hall–Kier alpha value is -0.820. The Morgan fingerprint density at radius 1 is 1.05 bits per heavy atom. The van der Waals surface area contributed by atoms with E-state index in [9.17, 15) is 0 Å². The van der Waals surface area contributed by atoms with E-state index in [1.807, 2.05) is 0 Å². The van der Waals surface area contributed by atoms with Crippen molar-refractivity contribution in [1.82, 2.24) is 5.32 Å². The Bertz CT molecular complexity index is 338. The number of nitrogens with one attached hydrogen (secondary N) is 1. The number of rotatable bonds is 7. The Balaban J connectivity index is 1.79. The first-order valence-electron chi connectivity index (χ1n) is 8.67. The Morgan fingerprint density at radius 3 is 2.40 bits per heavy atom.